The highest BCUT2D eigenvalue weighted by Gasteiger charge is 2.28. The highest BCUT2D eigenvalue weighted by Crippen LogP contribution is 2.12. The molecule has 0 aromatic heterocycles. The Morgan fingerprint density at radius 3 is 2.45 bits per heavy atom. The van der Waals surface area contributed by atoms with Crippen LogP contribution in [0.15, 0.2) is 35.5 Å². The molecule has 0 unspecified atom stereocenters. The maximum absolute atomic E-state index is 11.5. The molecule has 2 N–H and O–H groups in total. The Balaban J connectivity index is 1.74. The summed E-state index contributed by atoms with van der Waals surface area (Å²) in [5.41, 5.74) is 6.34. The van der Waals surface area contributed by atoms with E-state index in [4.69, 9.17) is 10.6 Å². The lowest BCUT2D eigenvalue weighted by Crippen LogP contribution is -2.30. The van der Waals surface area contributed by atoms with Crippen LogP contribution < -0.4 is 5.73 Å². The lowest BCUT2D eigenvalue weighted by molar-refractivity contribution is -0.145. The van der Waals surface area contributed by atoms with Crippen LogP contribution in [0.2, 0.25) is 0 Å². The van der Waals surface area contributed by atoms with E-state index in [-0.39, 0.29) is 43.5 Å². The molecule has 0 atom stereocenters. The van der Waals surface area contributed by atoms with Gasteiger partial charge in [0.2, 0.25) is 11.8 Å². The van der Waals surface area contributed by atoms with Gasteiger partial charge in [0.15, 0.2) is 5.84 Å². The van der Waals surface area contributed by atoms with Gasteiger partial charge in [-0.3, -0.25) is 14.5 Å². The average molecular weight is 303 g/mol. The molecule has 116 valence electrons. The normalized spacial score (nSPS) is 15.3. The second kappa shape index (κ2) is 7.35. The van der Waals surface area contributed by atoms with E-state index >= 15 is 0 Å². The van der Waals surface area contributed by atoms with Crippen molar-refractivity contribution in [2.75, 3.05) is 6.54 Å². The van der Waals surface area contributed by atoms with E-state index in [1.807, 2.05) is 6.07 Å². The number of hydrogen-bond acceptors (Lipinski definition) is 5. The number of nitrogens with zero attached hydrogens (tertiary/aromatic N) is 2. The van der Waals surface area contributed by atoms with Crippen molar-refractivity contribution in [2.45, 2.75) is 25.7 Å². The van der Waals surface area contributed by atoms with Crippen molar-refractivity contribution < 1.29 is 19.2 Å². The van der Waals surface area contributed by atoms with Crippen molar-refractivity contribution in [1.29, 1.82) is 0 Å². The molecule has 0 bridgehead atoms. The SMILES string of the molecule is N/C(=N/OC(=O)CCCN1C(=O)CCC1=O)c1ccccc1. The topological polar surface area (TPSA) is 102 Å². The summed E-state index contributed by atoms with van der Waals surface area (Å²) in [6.45, 7) is 0.227. The van der Waals surface area contributed by atoms with E-state index in [0.29, 0.717) is 12.0 Å². The predicted octanol–water partition coefficient (Wildman–Crippen LogP) is 0.779. The summed E-state index contributed by atoms with van der Waals surface area (Å²) >= 11 is 0. The second-order valence-corrected chi connectivity index (χ2v) is 4.85. The maximum atomic E-state index is 11.5. The maximum Gasteiger partial charge on any atom is 0.335 e. The number of hydrogen-bond donors (Lipinski definition) is 1. The first-order chi connectivity index (χ1) is 10.6. The number of carbonyl (C=O) groups excluding carboxylic acids is 3. The van der Waals surface area contributed by atoms with Crippen LogP contribution in [0.25, 0.3) is 0 Å². The monoisotopic (exact) mass is 303 g/mol. The smallest absolute Gasteiger partial charge is 0.335 e. The summed E-state index contributed by atoms with van der Waals surface area (Å²) < 4.78 is 0. The van der Waals surface area contributed by atoms with E-state index in [2.05, 4.69) is 5.16 Å². The lowest BCUT2D eigenvalue weighted by atomic mass is 10.2. The van der Waals surface area contributed by atoms with Crippen LogP contribution >= 0.6 is 0 Å². The molecule has 1 aromatic carbocycles. The molecule has 1 heterocycles. The minimum atomic E-state index is -0.557. The van der Waals surface area contributed by atoms with E-state index < -0.39 is 5.97 Å². The molecule has 1 aromatic rings. The van der Waals surface area contributed by atoms with Gasteiger partial charge < -0.3 is 10.6 Å². The summed E-state index contributed by atoms with van der Waals surface area (Å²) in [4.78, 5) is 40.2. The third kappa shape index (κ3) is 4.15. The first-order valence-electron chi connectivity index (χ1n) is 7.00. The van der Waals surface area contributed by atoms with Crippen LogP contribution in [0, 0.1) is 0 Å². The lowest BCUT2D eigenvalue weighted by Gasteiger charge is -2.12. The molecule has 1 aliphatic rings. The molecule has 7 nitrogen and oxygen atoms in total. The van der Waals surface area contributed by atoms with Crippen LogP contribution in [0.1, 0.15) is 31.2 Å². The van der Waals surface area contributed by atoms with Gasteiger partial charge in [0.25, 0.3) is 0 Å². The van der Waals surface area contributed by atoms with Crippen molar-refractivity contribution in [3.63, 3.8) is 0 Å². The van der Waals surface area contributed by atoms with Crippen LogP contribution in [0.3, 0.4) is 0 Å². The van der Waals surface area contributed by atoms with Gasteiger partial charge in [-0.05, 0) is 6.42 Å². The number of benzene rings is 1. The Bertz CT molecular complexity index is 582. The standard InChI is InChI=1S/C15H17N3O4/c16-15(11-5-2-1-3-6-11)17-22-14(21)7-4-10-18-12(19)8-9-13(18)20/h1-3,5-6H,4,7-10H2,(H2,16,17). The molecule has 0 saturated carbocycles. The van der Waals surface area contributed by atoms with E-state index in [1.165, 1.54) is 4.90 Å². The van der Waals surface area contributed by atoms with Gasteiger partial charge in [-0.15, -0.1) is 0 Å². The summed E-state index contributed by atoms with van der Waals surface area (Å²) in [6, 6.07) is 8.92. The van der Waals surface area contributed by atoms with Crippen molar-refractivity contribution >= 4 is 23.6 Å². The molecule has 1 saturated heterocycles. The second-order valence-electron chi connectivity index (χ2n) is 4.85. The number of imide groups is 1. The third-order valence-corrected chi connectivity index (χ3v) is 3.23. The summed E-state index contributed by atoms with van der Waals surface area (Å²) in [6.07, 6.45) is 0.905. The molecule has 2 amide bonds. The highest BCUT2D eigenvalue weighted by atomic mass is 16.7. The van der Waals surface area contributed by atoms with Crippen molar-refractivity contribution in [3.05, 3.63) is 35.9 Å². The molecule has 7 heteroatoms. The fraction of sp³-hybridized carbons (Fsp3) is 0.333. The molecule has 22 heavy (non-hydrogen) atoms. The van der Waals surface area contributed by atoms with Gasteiger partial charge in [-0.25, -0.2) is 4.79 Å². The van der Waals surface area contributed by atoms with Crippen LogP contribution in [-0.4, -0.2) is 35.1 Å². The van der Waals surface area contributed by atoms with Crippen molar-refractivity contribution in [1.82, 2.24) is 4.90 Å². The zero-order valence-electron chi connectivity index (χ0n) is 12.0. The predicted molar refractivity (Wildman–Crippen MR) is 78.4 cm³/mol. The summed E-state index contributed by atoms with van der Waals surface area (Å²) in [5, 5.41) is 3.57. The number of rotatable bonds is 6. The molecule has 2 rings (SSSR count). The van der Waals surface area contributed by atoms with Crippen molar-refractivity contribution in [3.8, 4) is 0 Å². The molecular weight excluding hydrogens is 286 g/mol. The number of amides is 2. The quantitative estimate of drug-likeness (QED) is 0.275. The first kappa shape index (κ1) is 15.7. The number of nitrogens with two attached hydrogens (primary N) is 1. The molecule has 1 aliphatic heterocycles. The van der Waals surface area contributed by atoms with Gasteiger partial charge in [-0.1, -0.05) is 35.5 Å². The number of carbonyl (C=O) groups is 3. The van der Waals surface area contributed by atoms with Crippen LogP contribution in [-0.2, 0) is 19.2 Å². The summed E-state index contributed by atoms with van der Waals surface area (Å²) in [5.74, 6) is -0.828. The Labute approximate surface area is 127 Å². The fourth-order valence-corrected chi connectivity index (χ4v) is 2.06. The van der Waals surface area contributed by atoms with E-state index in [1.54, 1.807) is 24.3 Å². The van der Waals surface area contributed by atoms with Crippen LogP contribution in [0.5, 0.6) is 0 Å². The Hall–Kier alpha value is -2.70. The third-order valence-electron chi connectivity index (χ3n) is 3.23. The first-order valence-corrected chi connectivity index (χ1v) is 7.00. The Kier molecular flexibility index (Phi) is 5.24. The average Bonchev–Trinajstić information content (AvgIpc) is 2.85. The van der Waals surface area contributed by atoms with Crippen LogP contribution in [0.4, 0.5) is 0 Å². The minimum absolute atomic E-state index is 0.0582. The molecular formula is C15H17N3O4. The number of likely N-dealkylation sites (tertiary alicyclic amines) is 1. The Morgan fingerprint density at radius 1 is 1.18 bits per heavy atom. The van der Waals surface area contributed by atoms with Gasteiger partial charge >= 0.3 is 5.97 Å². The van der Waals surface area contributed by atoms with Gasteiger partial charge in [0.1, 0.15) is 0 Å². The Morgan fingerprint density at radius 2 is 1.82 bits per heavy atom. The van der Waals surface area contributed by atoms with Gasteiger partial charge in [0, 0.05) is 31.4 Å². The number of amidine groups is 1. The molecule has 0 radical (unpaired) electrons. The van der Waals surface area contributed by atoms with Gasteiger partial charge in [0.05, 0.1) is 0 Å². The molecule has 0 aliphatic carbocycles. The van der Waals surface area contributed by atoms with Crippen molar-refractivity contribution in [2.24, 2.45) is 10.9 Å². The zero-order valence-corrected chi connectivity index (χ0v) is 12.0. The number of oxime groups is 1. The zero-order chi connectivity index (χ0) is 15.9. The summed E-state index contributed by atoms with van der Waals surface area (Å²) in [7, 11) is 0. The van der Waals surface area contributed by atoms with E-state index in [9.17, 15) is 14.4 Å². The molecule has 1 fully saturated rings. The fourth-order valence-electron chi connectivity index (χ4n) is 2.06. The largest absolute Gasteiger partial charge is 0.380 e. The van der Waals surface area contributed by atoms with Gasteiger partial charge in [-0.2, -0.15) is 0 Å². The highest BCUT2D eigenvalue weighted by molar-refractivity contribution is 6.01. The minimum Gasteiger partial charge on any atom is -0.380 e. The molecule has 0 spiro atoms. The van der Waals surface area contributed by atoms with E-state index in [0.717, 1.165) is 0 Å².